The van der Waals surface area contributed by atoms with E-state index in [-0.39, 0.29) is 17.9 Å². The summed E-state index contributed by atoms with van der Waals surface area (Å²) in [6.45, 7) is 8.04. The zero-order valence-electron chi connectivity index (χ0n) is 12.6. The third-order valence-electron chi connectivity index (χ3n) is 3.08. The summed E-state index contributed by atoms with van der Waals surface area (Å²) < 4.78 is 5.32. The summed E-state index contributed by atoms with van der Waals surface area (Å²) >= 11 is 1.56. The van der Waals surface area contributed by atoms with Gasteiger partial charge in [0.05, 0.1) is 18.2 Å². The van der Waals surface area contributed by atoms with Crippen molar-refractivity contribution in [3.8, 4) is 0 Å². The number of aryl methyl sites for hydroxylation is 1. The van der Waals surface area contributed by atoms with Crippen LogP contribution in [0.25, 0.3) is 0 Å². The lowest BCUT2D eigenvalue weighted by Crippen LogP contribution is -2.45. The first kappa shape index (κ1) is 15.6. The topological polar surface area (TPSA) is 67.4 Å². The standard InChI is InChI=1S/C15H20N2O3S/c1-8(2)7-20-14(18)12-10(4)16-15(19)17-13(12)11-6-5-9(3)21-11/h5-6,8,13H,7H2,1-4H3,(H2,16,17,19)/t13-/m0/s1. The molecule has 1 aromatic rings. The summed E-state index contributed by atoms with van der Waals surface area (Å²) in [5.41, 5.74) is 1.01. The first-order valence-corrected chi connectivity index (χ1v) is 7.72. The highest BCUT2D eigenvalue weighted by Crippen LogP contribution is 2.32. The minimum absolute atomic E-state index is 0.267. The lowest BCUT2D eigenvalue weighted by atomic mass is 10.0. The van der Waals surface area contributed by atoms with Crippen molar-refractivity contribution in [2.75, 3.05) is 6.61 Å². The van der Waals surface area contributed by atoms with Gasteiger partial charge in [0.25, 0.3) is 0 Å². The molecular formula is C15H20N2O3S. The summed E-state index contributed by atoms with van der Waals surface area (Å²) in [7, 11) is 0. The first-order valence-electron chi connectivity index (χ1n) is 6.90. The number of amides is 2. The Morgan fingerprint density at radius 2 is 2.10 bits per heavy atom. The lowest BCUT2D eigenvalue weighted by Gasteiger charge is -2.27. The maximum Gasteiger partial charge on any atom is 0.338 e. The molecule has 1 aliphatic heterocycles. The largest absolute Gasteiger partial charge is 0.462 e. The minimum atomic E-state index is -0.447. The van der Waals surface area contributed by atoms with Crippen molar-refractivity contribution in [3.63, 3.8) is 0 Å². The molecule has 1 atom stereocenters. The molecule has 2 N–H and O–H groups in total. The van der Waals surface area contributed by atoms with Crippen LogP contribution in [0, 0.1) is 12.8 Å². The molecule has 0 unspecified atom stereocenters. The number of carbonyl (C=O) groups is 2. The molecule has 0 spiro atoms. The quantitative estimate of drug-likeness (QED) is 0.840. The predicted octanol–water partition coefficient (Wildman–Crippen LogP) is 2.88. The van der Waals surface area contributed by atoms with E-state index in [2.05, 4.69) is 10.6 Å². The van der Waals surface area contributed by atoms with E-state index in [4.69, 9.17) is 4.74 Å². The molecule has 1 aromatic heterocycles. The molecule has 2 rings (SSSR count). The number of rotatable bonds is 4. The van der Waals surface area contributed by atoms with Crippen LogP contribution in [0.2, 0.25) is 0 Å². The highest BCUT2D eigenvalue weighted by Gasteiger charge is 2.33. The van der Waals surface area contributed by atoms with Crippen molar-refractivity contribution in [2.45, 2.75) is 33.7 Å². The van der Waals surface area contributed by atoms with Gasteiger partial charge in [-0.15, -0.1) is 11.3 Å². The van der Waals surface area contributed by atoms with Gasteiger partial charge in [0.1, 0.15) is 0 Å². The van der Waals surface area contributed by atoms with E-state index >= 15 is 0 Å². The zero-order valence-corrected chi connectivity index (χ0v) is 13.5. The minimum Gasteiger partial charge on any atom is -0.462 e. The van der Waals surface area contributed by atoms with Crippen LogP contribution in [0.5, 0.6) is 0 Å². The number of carbonyl (C=O) groups excluding carboxylic acids is 2. The molecule has 0 radical (unpaired) electrons. The summed E-state index contributed by atoms with van der Waals surface area (Å²) in [4.78, 5) is 26.1. The molecule has 6 heteroatoms. The maximum atomic E-state index is 12.3. The van der Waals surface area contributed by atoms with Gasteiger partial charge in [0, 0.05) is 15.5 Å². The Morgan fingerprint density at radius 3 is 2.67 bits per heavy atom. The highest BCUT2D eigenvalue weighted by atomic mass is 32.1. The summed E-state index contributed by atoms with van der Waals surface area (Å²) in [5.74, 6) is -0.117. The predicted molar refractivity (Wildman–Crippen MR) is 82.0 cm³/mol. The average Bonchev–Trinajstić information content (AvgIpc) is 2.81. The molecule has 0 aliphatic carbocycles. The fourth-order valence-corrected chi connectivity index (χ4v) is 3.05. The van der Waals surface area contributed by atoms with E-state index in [0.717, 1.165) is 9.75 Å². The number of hydrogen-bond donors (Lipinski definition) is 2. The Bertz CT molecular complexity index is 589. The van der Waals surface area contributed by atoms with Crippen LogP contribution in [0.4, 0.5) is 4.79 Å². The van der Waals surface area contributed by atoms with Gasteiger partial charge in [-0.05, 0) is 31.9 Å². The second-order valence-electron chi connectivity index (χ2n) is 5.51. The van der Waals surface area contributed by atoms with Gasteiger partial charge in [-0.1, -0.05) is 13.8 Å². The van der Waals surface area contributed by atoms with Crippen molar-refractivity contribution in [1.82, 2.24) is 10.6 Å². The van der Waals surface area contributed by atoms with Crippen molar-refractivity contribution in [1.29, 1.82) is 0 Å². The summed E-state index contributed by atoms with van der Waals surface area (Å²) in [6, 6.07) is 3.15. The molecule has 0 bridgehead atoms. The number of urea groups is 1. The average molecular weight is 308 g/mol. The molecule has 1 aliphatic rings. The van der Waals surface area contributed by atoms with Gasteiger partial charge in [-0.2, -0.15) is 0 Å². The molecule has 2 amide bonds. The molecule has 2 heterocycles. The smallest absolute Gasteiger partial charge is 0.338 e. The Labute approximate surface area is 128 Å². The monoisotopic (exact) mass is 308 g/mol. The van der Waals surface area contributed by atoms with Crippen LogP contribution in [0.1, 0.15) is 36.6 Å². The number of hydrogen-bond acceptors (Lipinski definition) is 4. The van der Waals surface area contributed by atoms with E-state index in [1.165, 1.54) is 0 Å². The lowest BCUT2D eigenvalue weighted by molar-refractivity contribution is -0.140. The summed E-state index contributed by atoms with van der Waals surface area (Å²) in [6.07, 6.45) is 0. The third-order valence-corrected chi connectivity index (χ3v) is 4.15. The first-order chi connectivity index (χ1) is 9.88. The van der Waals surface area contributed by atoms with Crippen LogP contribution in [0.15, 0.2) is 23.4 Å². The van der Waals surface area contributed by atoms with Gasteiger partial charge in [0.2, 0.25) is 0 Å². The van der Waals surface area contributed by atoms with E-state index in [1.54, 1.807) is 18.3 Å². The number of thiophene rings is 1. The van der Waals surface area contributed by atoms with Crippen molar-refractivity contribution >= 4 is 23.3 Å². The normalized spacial score (nSPS) is 18.5. The molecule has 114 valence electrons. The van der Waals surface area contributed by atoms with Crippen LogP contribution in [0.3, 0.4) is 0 Å². The van der Waals surface area contributed by atoms with E-state index in [0.29, 0.717) is 17.9 Å². The molecule has 0 saturated heterocycles. The SMILES string of the molecule is CC1=C(C(=O)OCC(C)C)[C@H](c2ccc(C)s2)NC(=O)N1. The van der Waals surface area contributed by atoms with Gasteiger partial charge in [0.15, 0.2) is 0 Å². The van der Waals surface area contributed by atoms with Gasteiger partial charge < -0.3 is 15.4 Å². The van der Waals surface area contributed by atoms with Crippen LogP contribution < -0.4 is 10.6 Å². The number of esters is 1. The number of allylic oxidation sites excluding steroid dienone is 1. The molecule has 5 nitrogen and oxygen atoms in total. The van der Waals surface area contributed by atoms with E-state index < -0.39 is 6.04 Å². The van der Waals surface area contributed by atoms with Crippen LogP contribution >= 0.6 is 11.3 Å². The van der Waals surface area contributed by atoms with Crippen molar-refractivity contribution < 1.29 is 14.3 Å². The Balaban J connectivity index is 2.30. The fourth-order valence-electron chi connectivity index (χ4n) is 2.11. The highest BCUT2D eigenvalue weighted by molar-refractivity contribution is 7.12. The van der Waals surface area contributed by atoms with Gasteiger partial charge in [-0.25, -0.2) is 9.59 Å². The van der Waals surface area contributed by atoms with E-state index in [9.17, 15) is 9.59 Å². The van der Waals surface area contributed by atoms with E-state index in [1.807, 2.05) is 32.9 Å². The Kier molecular flexibility index (Phi) is 4.67. The van der Waals surface area contributed by atoms with Crippen LogP contribution in [-0.4, -0.2) is 18.6 Å². The second kappa shape index (κ2) is 6.30. The summed E-state index contributed by atoms with van der Waals surface area (Å²) in [5, 5.41) is 5.43. The van der Waals surface area contributed by atoms with Gasteiger partial charge in [-0.3, -0.25) is 0 Å². The Morgan fingerprint density at radius 1 is 1.38 bits per heavy atom. The zero-order chi connectivity index (χ0) is 15.6. The molecule has 0 aromatic carbocycles. The molecule has 0 saturated carbocycles. The number of nitrogens with one attached hydrogen (secondary N) is 2. The van der Waals surface area contributed by atoms with Crippen molar-refractivity contribution in [2.24, 2.45) is 5.92 Å². The number of ether oxygens (including phenoxy) is 1. The van der Waals surface area contributed by atoms with Crippen LogP contribution in [-0.2, 0) is 9.53 Å². The van der Waals surface area contributed by atoms with Gasteiger partial charge >= 0.3 is 12.0 Å². The Hall–Kier alpha value is -1.82. The maximum absolute atomic E-state index is 12.3. The molecule has 21 heavy (non-hydrogen) atoms. The molecular weight excluding hydrogens is 288 g/mol. The van der Waals surface area contributed by atoms with Crippen molar-refractivity contribution in [3.05, 3.63) is 33.2 Å². The molecule has 0 fully saturated rings. The fraction of sp³-hybridized carbons (Fsp3) is 0.467. The second-order valence-corrected chi connectivity index (χ2v) is 6.83. The third kappa shape index (κ3) is 3.64.